The van der Waals surface area contributed by atoms with Gasteiger partial charge in [-0.15, -0.1) is 0 Å². The van der Waals surface area contributed by atoms with Crippen LogP contribution in [-0.2, 0) is 4.74 Å². The van der Waals surface area contributed by atoms with E-state index in [1.54, 1.807) is 43.5 Å². The number of amides is 1. The van der Waals surface area contributed by atoms with Gasteiger partial charge < -0.3 is 15.2 Å². The molecular weight excluding hydrogens is 382 g/mol. The van der Waals surface area contributed by atoms with Gasteiger partial charge in [-0.05, 0) is 50.1 Å². The molecule has 8 heteroatoms. The summed E-state index contributed by atoms with van der Waals surface area (Å²) in [5, 5.41) is 26.6. The number of rotatable bonds is 7. The molecule has 0 saturated heterocycles. The van der Waals surface area contributed by atoms with Gasteiger partial charge in [0.25, 0.3) is 5.91 Å². The summed E-state index contributed by atoms with van der Waals surface area (Å²) >= 11 is 0. The minimum absolute atomic E-state index is 0.0786. The highest BCUT2D eigenvalue weighted by Gasteiger charge is 2.21. The Morgan fingerprint density at radius 1 is 1.23 bits per heavy atom. The maximum atomic E-state index is 12.5. The standard InChI is InChI=1S/C22H23N5O3/c1-22(2,10-11-30-3)26-20(28)17-8-9-19(24-13-17)27-21(29)18(14-25-27)16-6-4-15(12-23)5-7-16/h4-9,13-14,29H,10-11H2,1-3H3,(H,26,28). The van der Waals surface area contributed by atoms with Crippen molar-refractivity contribution in [3.63, 3.8) is 0 Å². The number of aromatic hydroxyl groups is 1. The summed E-state index contributed by atoms with van der Waals surface area (Å²) in [7, 11) is 1.62. The number of benzene rings is 1. The van der Waals surface area contributed by atoms with Gasteiger partial charge in [-0.3, -0.25) is 4.79 Å². The number of ether oxygens (including phenoxy) is 1. The van der Waals surface area contributed by atoms with Crippen molar-refractivity contribution in [2.24, 2.45) is 0 Å². The summed E-state index contributed by atoms with van der Waals surface area (Å²) in [4.78, 5) is 16.8. The van der Waals surface area contributed by atoms with Crippen molar-refractivity contribution < 1.29 is 14.6 Å². The molecule has 30 heavy (non-hydrogen) atoms. The maximum absolute atomic E-state index is 12.5. The third kappa shape index (κ3) is 4.64. The molecule has 0 saturated carbocycles. The number of pyridine rings is 1. The van der Waals surface area contributed by atoms with Gasteiger partial charge in [0.2, 0.25) is 5.88 Å². The largest absolute Gasteiger partial charge is 0.493 e. The first-order chi connectivity index (χ1) is 14.3. The molecule has 0 unspecified atom stereocenters. The number of hydrogen-bond acceptors (Lipinski definition) is 6. The predicted octanol–water partition coefficient (Wildman–Crippen LogP) is 3.06. The number of nitriles is 1. The molecule has 0 bridgehead atoms. The van der Waals surface area contributed by atoms with E-state index in [0.717, 1.165) is 5.56 Å². The highest BCUT2D eigenvalue weighted by atomic mass is 16.5. The van der Waals surface area contributed by atoms with E-state index in [1.807, 2.05) is 13.8 Å². The number of methoxy groups -OCH3 is 1. The molecule has 1 amide bonds. The fourth-order valence-electron chi connectivity index (χ4n) is 2.88. The van der Waals surface area contributed by atoms with Crippen LogP contribution in [0.3, 0.4) is 0 Å². The molecule has 0 radical (unpaired) electrons. The number of hydrogen-bond donors (Lipinski definition) is 2. The van der Waals surface area contributed by atoms with Crippen LogP contribution in [0, 0.1) is 11.3 Å². The van der Waals surface area contributed by atoms with Crippen molar-refractivity contribution in [3.8, 4) is 28.9 Å². The summed E-state index contributed by atoms with van der Waals surface area (Å²) in [6.07, 6.45) is 3.65. The highest BCUT2D eigenvalue weighted by Crippen LogP contribution is 2.30. The number of nitrogens with one attached hydrogen (secondary N) is 1. The van der Waals surface area contributed by atoms with Gasteiger partial charge in [0, 0.05) is 25.5 Å². The molecule has 2 N–H and O–H groups in total. The SMILES string of the molecule is COCCC(C)(C)NC(=O)c1ccc(-n2ncc(-c3ccc(C#N)cc3)c2O)nc1. The number of aromatic nitrogens is 3. The van der Waals surface area contributed by atoms with Crippen molar-refractivity contribution in [2.45, 2.75) is 25.8 Å². The number of nitrogens with zero attached hydrogens (tertiary/aromatic N) is 4. The van der Waals surface area contributed by atoms with Gasteiger partial charge in [-0.25, -0.2) is 4.98 Å². The molecule has 0 aliphatic heterocycles. The normalized spacial score (nSPS) is 11.1. The zero-order valence-electron chi connectivity index (χ0n) is 17.1. The molecule has 2 heterocycles. The van der Waals surface area contributed by atoms with Crippen LogP contribution in [-0.4, -0.2) is 45.0 Å². The Morgan fingerprint density at radius 2 is 1.97 bits per heavy atom. The molecule has 0 spiro atoms. The fourth-order valence-corrected chi connectivity index (χ4v) is 2.88. The fraction of sp³-hybridized carbons (Fsp3) is 0.273. The smallest absolute Gasteiger partial charge is 0.253 e. The maximum Gasteiger partial charge on any atom is 0.253 e. The molecule has 2 aromatic heterocycles. The number of carbonyl (C=O) groups excluding carboxylic acids is 1. The van der Waals surface area contributed by atoms with Gasteiger partial charge in [-0.1, -0.05) is 12.1 Å². The molecule has 154 valence electrons. The van der Waals surface area contributed by atoms with Gasteiger partial charge in [0.05, 0.1) is 29.0 Å². The summed E-state index contributed by atoms with van der Waals surface area (Å²) < 4.78 is 6.36. The lowest BCUT2D eigenvalue weighted by Gasteiger charge is -2.25. The Morgan fingerprint density at radius 3 is 2.57 bits per heavy atom. The van der Waals surface area contributed by atoms with E-state index in [-0.39, 0.29) is 11.8 Å². The van der Waals surface area contributed by atoms with Crippen molar-refractivity contribution >= 4 is 5.91 Å². The van der Waals surface area contributed by atoms with E-state index in [9.17, 15) is 9.90 Å². The van der Waals surface area contributed by atoms with Crippen molar-refractivity contribution in [1.82, 2.24) is 20.1 Å². The monoisotopic (exact) mass is 405 g/mol. The van der Waals surface area contributed by atoms with Crippen LogP contribution in [0.2, 0.25) is 0 Å². The zero-order chi connectivity index (χ0) is 21.7. The van der Waals surface area contributed by atoms with Crippen LogP contribution in [0.5, 0.6) is 5.88 Å². The summed E-state index contributed by atoms with van der Waals surface area (Å²) in [5.74, 6) is 0.0609. The Labute approximate surface area is 174 Å². The first kappa shape index (κ1) is 21.0. The first-order valence-electron chi connectivity index (χ1n) is 9.40. The van der Waals surface area contributed by atoms with Crippen LogP contribution in [0.4, 0.5) is 0 Å². The van der Waals surface area contributed by atoms with E-state index < -0.39 is 5.54 Å². The molecule has 0 fully saturated rings. The van der Waals surface area contributed by atoms with Crippen molar-refractivity contribution in [1.29, 1.82) is 5.26 Å². The van der Waals surface area contributed by atoms with E-state index in [0.29, 0.717) is 35.5 Å². The lowest BCUT2D eigenvalue weighted by Crippen LogP contribution is -2.44. The zero-order valence-corrected chi connectivity index (χ0v) is 17.1. The molecule has 0 aliphatic carbocycles. The van der Waals surface area contributed by atoms with Gasteiger partial charge in [0.1, 0.15) is 0 Å². The molecule has 0 aliphatic rings. The van der Waals surface area contributed by atoms with E-state index in [4.69, 9.17) is 10.00 Å². The lowest BCUT2D eigenvalue weighted by atomic mass is 10.0. The average molecular weight is 405 g/mol. The van der Waals surface area contributed by atoms with E-state index >= 15 is 0 Å². The Kier molecular flexibility index (Phi) is 6.14. The van der Waals surface area contributed by atoms with E-state index in [1.165, 1.54) is 17.1 Å². The van der Waals surface area contributed by atoms with E-state index in [2.05, 4.69) is 21.5 Å². The van der Waals surface area contributed by atoms with Crippen molar-refractivity contribution in [2.75, 3.05) is 13.7 Å². The third-order valence-electron chi connectivity index (χ3n) is 4.68. The summed E-state index contributed by atoms with van der Waals surface area (Å²) in [6, 6.07) is 12.1. The molecule has 3 aromatic rings. The molecular formula is C22H23N5O3. The van der Waals surface area contributed by atoms with Gasteiger partial charge in [0.15, 0.2) is 5.82 Å². The molecule has 3 rings (SSSR count). The predicted molar refractivity (Wildman–Crippen MR) is 111 cm³/mol. The molecule has 0 atom stereocenters. The second kappa shape index (κ2) is 8.76. The Balaban J connectivity index is 1.77. The summed E-state index contributed by atoms with van der Waals surface area (Å²) in [5.41, 5.74) is 1.77. The van der Waals surface area contributed by atoms with Gasteiger partial charge >= 0.3 is 0 Å². The number of carbonyl (C=O) groups is 1. The minimum atomic E-state index is -0.415. The van der Waals surface area contributed by atoms with Gasteiger partial charge in [-0.2, -0.15) is 15.0 Å². The quantitative estimate of drug-likeness (QED) is 0.625. The Bertz CT molecular complexity index is 1060. The second-order valence-corrected chi connectivity index (χ2v) is 7.47. The van der Waals surface area contributed by atoms with Crippen LogP contribution in [0.25, 0.3) is 16.9 Å². The summed E-state index contributed by atoms with van der Waals surface area (Å²) in [6.45, 7) is 4.40. The van der Waals surface area contributed by atoms with Crippen LogP contribution < -0.4 is 5.32 Å². The topological polar surface area (TPSA) is 113 Å². The Hall–Kier alpha value is -3.70. The minimum Gasteiger partial charge on any atom is -0.493 e. The lowest BCUT2D eigenvalue weighted by molar-refractivity contribution is 0.0887. The second-order valence-electron chi connectivity index (χ2n) is 7.47. The van der Waals surface area contributed by atoms with Crippen LogP contribution in [0.15, 0.2) is 48.8 Å². The van der Waals surface area contributed by atoms with Crippen LogP contribution >= 0.6 is 0 Å². The van der Waals surface area contributed by atoms with Crippen LogP contribution in [0.1, 0.15) is 36.2 Å². The molecule has 1 aromatic carbocycles. The third-order valence-corrected chi connectivity index (χ3v) is 4.68. The van der Waals surface area contributed by atoms with Crippen molar-refractivity contribution in [3.05, 3.63) is 59.9 Å². The average Bonchev–Trinajstić information content (AvgIpc) is 3.13. The first-order valence-corrected chi connectivity index (χ1v) is 9.40. The highest BCUT2D eigenvalue weighted by molar-refractivity contribution is 5.94. The molecule has 8 nitrogen and oxygen atoms in total.